The zero-order chi connectivity index (χ0) is 23.0. The van der Waals surface area contributed by atoms with Gasteiger partial charge in [-0.25, -0.2) is 9.18 Å². The van der Waals surface area contributed by atoms with Crippen LogP contribution < -0.4 is 15.4 Å². The third-order valence-corrected chi connectivity index (χ3v) is 5.41. The molecule has 1 heterocycles. The minimum Gasteiger partial charge on any atom is -0.492 e. The lowest BCUT2D eigenvalue weighted by molar-refractivity contribution is -0.116. The lowest BCUT2D eigenvalue weighted by Crippen LogP contribution is -2.40. The standard InChI is InChI=1S/C26H26FN3O3/c27-22-9-6-20(7-10-22)18-30(17-19-4-2-1-3-5-19)26(32)28-14-15-33-23-11-12-24-21(16-23)8-13-25(31)29-24/h1-7,9-12,16H,8,13-15,17-18H2,(H,28,32)(H,29,31). The van der Waals surface area contributed by atoms with Gasteiger partial charge in [-0.05, 0) is 53.4 Å². The van der Waals surface area contributed by atoms with E-state index in [0.29, 0.717) is 44.8 Å². The molecular formula is C26H26FN3O3. The Morgan fingerprint density at radius 2 is 1.70 bits per heavy atom. The van der Waals surface area contributed by atoms with E-state index < -0.39 is 0 Å². The van der Waals surface area contributed by atoms with Crippen LogP contribution in [0.3, 0.4) is 0 Å². The molecule has 0 saturated heterocycles. The Bertz CT molecular complexity index is 1100. The fourth-order valence-corrected chi connectivity index (χ4v) is 3.70. The Kier molecular flexibility index (Phi) is 7.19. The van der Waals surface area contributed by atoms with Crippen molar-refractivity contribution in [1.29, 1.82) is 0 Å². The van der Waals surface area contributed by atoms with Crippen molar-refractivity contribution in [3.05, 3.63) is 95.3 Å². The maximum absolute atomic E-state index is 13.3. The fraction of sp³-hybridized carbons (Fsp3) is 0.231. The zero-order valence-corrected chi connectivity index (χ0v) is 18.2. The number of hydrogen-bond acceptors (Lipinski definition) is 3. The van der Waals surface area contributed by atoms with Crippen LogP contribution in [0, 0.1) is 5.82 Å². The van der Waals surface area contributed by atoms with Gasteiger partial charge < -0.3 is 20.3 Å². The number of nitrogens with one attached hydrogen (secondary N) is 2. The van der Waals surface area contributed by atoms with Gasteiger partial charge >= 0.3 is 6.03 Å². The first-order valence-corrected chi connectivity index (χ1v) is 10.9. The highest BCUT2D eigenvalue weighted by atomic mass is 19.1. The summed E-state index contributed by atoms with van der Waals surface area (Å²) in [5, 5.41) is 5.75. The molecule has 33 heavy (non-hydrogen) atoms. The van der Waals surface area contributed by atoms with Gasteiger partial charge in [-0.1, -0.05) is 42.5 Å². The molecule has 0 aliphatic carbocycles. The minimum atomic E-state index is -0.306. The Labute approximate surface area is 192 Å². The lowest BCUT2D eigenvalue weighted by Gasteiger charge is -2.23. The van der Waals surface area contributed by atoms with Gasteiger partial charge in [0.1, 0.15) is 18.2 Å². The third kappa shape index (κ3) is 6.32. The highest BCUT2D eigenvalue weighted by molar-refractivity contribution is 5.94. The van der Waals surface area contributed by atoms with Crippen molar-refractivity contribution in [2.45, 2.75) is 25.9 Å². The summed E-state index contributed by atoms with van der Waals surface area (Å²) in [4.78, 5) is 26.1. The lowest BCUT2D eigenvalue weighted by atomic mass is 10.0. The number of aryl methyl sites for hydroxylation is 1. The van der Waals surface area contributed by atoms with Gasteiger partial charge in [-0.15, -0.1) is 0 Å². The summed E-state index contributed by atoms with van der Waals surface area (Å²) >= 11 is 0. The van der Waals surface area contributed by atoms with Crippen molar-refractivity contribution in [2.24, 2.45) is 0 Å². The smallest absolute Gasteiger partial charge is 0.318 e. The topological polar surface area (TPSA) is 70.7 Å². The largest absolute Gasteiger partial charge is 0.492 e. The minimum absolute atomic E-state index is 0.0274. The maximum Gasteiger partial charge on any atom is 0.318 e. The number of carbonyl (C=O) groups excluding carboxylic acids is 2. The number of hydrogen-bond donors (Lipinski definition) is 2. The average molecular weight is 448 g/mol. The Balaban J connectivity index is 1.32. The first-order chi connectivity index (χ1) is 16.1. The van der Waals surface area contributed by atoms with E-state index in [4.69, 9.17) is 4.74 Å². The monoisotopic (exact) mass is 447 g/mol. The fourth-order valence-electron chi connectivity index (χ4n) is 3.70. The van der Waals surface area contributed by atoms with E-state index in [9.17, 15) is 14.0 Å². The third-order valence-electron chi connectivity index (χ3n) is 5.41. The van der Waals surface area contributed by atoms with Crippen LogP contribution in [0.1, 0.15) is 23.1 Å². The second-order valence-electron chi connectivity index (χ2n) is 7.92. The van der Waals surface area contributed by atoms with Crippen LogP contribution >= 0.6 is 0 Å². The Morgan fingerprint density at radius 3 is 2.45 bits per heavy atom. The normalized spacial score (nSPS) is 12.5. The molecule has 0 spiro atoms. The first-order valence-electron chi connectivity index (χ1n) is 10.9. The van der Waals surface area contributed by atoms with E-state index in [1.165, 1.54) is 12.1 Å². The van der Waals surface area contributed by atoms with Crippen LogP contribution in [0.4, 0.5) is 14.9 Å². The first kappa shape index (κ1) is 22.3. The summed E-state index contributed by atoms with van der Waals surface area (Å²) in [5.74, 6) is 0.422. The molecule has 0 bridgehead atoms. The van der Waals surface area contributed by atoms with E-state index in [1.54, 1.807) is 17.0 Å². The summed E-state index contributed by atoms with van der Waals surface area (Å²) in [6.07, 6.45) is 1.16. The number of nitrogens with zero attached hydrogens (tertiary/aromatic N) is 1. The number of benzene rings is 3. The van der Waals surface area contributed by atoms with Crippen LogP contribution in [0.2, 0.25) is 0 Å². The number of ether oxygens (including phenoxy) is 1. The summed E-state index contributed by atoms with van der Waals surface area (Å²) in [7, 11) is 0. The summed E-state index contributed by atoms with van der Waals surface area (Å²) in [6.45, 7) is 1.44. The number of halogens is 1. The number of urea groups is 1. The SMILES string of the molecule is O=C1CCc2cc(OCCNC(=O)N(Cc3ccccc3)Cc3ccc(F)cc3)ccc2N1. The quantitative estimate of drug-likeness (QED) is 0.500. The van der Waals surface area contributed by atoms with Gasteiger partial charge in [0.25, 0.3) is 0 Å². The van der Waals surface area contributed by atoms with E-state index in [0.717, 1.165) is 22.4 Å². The predicted molar refractivity (Wildman–Crippen MR) is 124 cm³/mol. The van der Waals surface area contributed by atoms with E-state index in [-0.39, 0.29) is 17.8 Å². The molecule has 1 aliphatic rings. The molecule has 6 nitrogen and oxygen atoms in total. The number of amides is 3. The van der Waals surface area contributed by atoms with E-state index in [1.807, 2.05) is 48.5 Å². The summed E-state index contributed by atoms with van der Waals surface area (Å²) in [6, 6.07) is 21.2. The molecule has 0 radical (unpaired) electrons. The van der Waals surface area contributed by atoms with Gasteiger partial charge in [0.2, 0.25) is 5.91 Å². The van der Waals surface area contributed by atoms with Crippen LogP contribution in [0.15, 0.2) is 72.8 Å². The molecule has 3 aromatic carbocycles. The number of anilines is 1. The van der Waals surface area contributed by atoms with Crippen molar-refractivity contribution in [1.82, 2.24) is 10.2 Å². The van der Waals surface area contributed by atoms with Gasteiger partial charge in [-0.2, -0.15) is 0 Å². The molecule has 2 N–H and O–H groups in total. The Morgan fingerprint density at radius 1 is 0.970 bits per heavy atom. The second-order valence-corrected chi connectivity index (χ2v) is 7.92. The van der Waals surface area contributed by atoms with Crippen LogP contribution in [0.25, 0.3) is 0 Å². The highest BCUT2D eigenvalue weighted by Gasteiger charge is 2.16. The predicted octanol–water partition coefficient (Wildman–Crippen LogP) is 4.50. The van der Waals surface area contributed by atoms with E-state index >= 15 is 0 Å². The number of rotatable bonds is 8. The molecule has 0 saturated carbocycles. The molecule has 3 aromatic rings. The molecule has 0 aromatic heterocycles. The molecular weight excluding hydrogens is 421 g/mol. The zero-order valence-electron chi connectivity index (χ0n) is 18.2. The molecule has 0 unspecified atom stereocenters. The van der Waals surface area contributed by atoms with Crippen LogP contribution in [-0.2, 0) is 24.3 Å². The second kappa shape index (κ2) is 10.6. The molecule has 170 valence electrons. The molecule has 3 amide bonds. The van der Waals surface area contributed by atoms with Crippen LogP contribution in [-0.4, -0.2) is 30.0 Å². The molecule has 4 rings (SSSR count). The average Bonchev–Trinajstić information content (AvgIpc) is 2.83. The Hall–Kier alpha value is -3.87. The molecule has 1 aliphatic heterocycles. The molecule has 0 atom stereocenters. The van der Waals surface area contributed by atoms with Crippen molar-refractivity contribution in [3.8, 4) is 5.75 Å². The highest BCUT2D eigenvalue weighted by Crippen LogP contribution is 2.26. The van der Waals surface area contributed by atoms with E-state index in [2.05, 4.69) is 10.6 Å². The number of carbonyl (C=O) groups is 2. The van der Waals surface area contributed by atoms with Gasteiger partial charge in [0.15, 0.2) is 0 Å². The van der Waals surface area contributed by atoms with Crippen LogP contribution in [0.5, 0.6) is 5.75 Å². The summed E-state index contributed by atoms with van der Waals surface area (Å²) < 4.78 is 19.1. The van der Waals surface area contributed by atoms with Gasteiger partial charge in [0, 0.05) is 25.2 Å². The van der Waals surface area contributed by atoms with Crippen molar-refractivity contribution in [3.63, 3.8) is 0 Å². The molecule has 0 fully saturated rings. The van der Waals surface area contributed by atoms with Crippen molar-refractivity contribution < 1.29 is 18.7 Å². The molecule has 7 heteroatoms. The van der Waals surface area contributed by atoms with Crippen molar-refractivity contribution >= 4 is 17.6 Å². The summed E-state index contributed by atoms with van der Waals surface area (Å²) in [5.41, 5.74) is 3.72. The van der Waals surface area contributed by atoms with Crippen molar-refractivity contribution in [2.75, 3.05) is 18.5 Å². The number of fused-ring (bicyclic) bond motifs is 1. The van der Waals surface area contributed by atoms with Gasteiger partial charge in [-0.3, -0.25) is 4.79 Å². The van der Waals surface area contributed by atoms with Gasteiger partial charge in [0.05, 0.1) is 6.54 Å². The maximum atomic E-state index is 13.3.